The van der Waals surface area contributed by atoms with Crippen LogP contribution in [0.25, 0.3) is 0 Å². The fraction of sp³-hybridized carbons (Fsp3) is 0.471. The highest BCUT2D eigenvalue weighted by Crippen LogP contribution is 2.24. The highest BCUT2D eigenvalue weighted by molar-refractivity contribution is 7.91. The second kappa shape index (κ2) is 6.95. The van der Waals surface area contributed by atoms with Crippen LogP contribution in [0.1, 0.15) is 24.5 Å². The molecule has 2 heterocycles. The largest absolute Gasteiger partial charge is 0.339 e. The van der Waals surface area contributed by atoms with Gasteiger partial charge < -0.3 is 10.2 Å². The first-order valence-corrected chi connectivity index (χ1v) is 10.2. The number of nitrogens with zero attached hydrogens (tertiary/aromatic N) is 4. The predicted octanol–water partition coefficient (Wildman–Crippen LogP) is 2.25. The Labute approximate surface area is 148 Å². The topological polar surface area (TPSA) is 88.1 Å². The second-order valence-electron chi connectivity index (χ2n) is 6.36. The predicted molar refractivity (Wildman–Crippen MR) is 99.1 cm³/mol. The summed E-state index contributed by atoms with van der Waals surface area (Å²) in [5, 5.41) is 11.4. The first-order chi connectivity index (χ1) is 11.9. The number of benzene rings is 1. The number of hydrogen-bond acceptors (Lipinski definition) is 7. The van der Waals surface area contributed by atoms with Crippen LogP contribution in [0.15, 0.2) is 24.4 Å². The normalized spacial score (nSPS) is 18.9. The summed E-state index contributed by atoms with van der Waals surface area (Å²) >= 11 is 0. The number of anilines is 3. The van der Waals surface area contributed by atoms with E-state index < -0.39 is 9.84 Å². The van der Waals surface area contributed by atoms with Crippen molar-refractivity contribution in [3.63, 3.8) is 0 Å². The fourth-order valence-electron chi connectivity index (χ4n) is 3.08. The van der Waals surface area contributed by atoms with E-state index in [0.29, 0.717) is 24.7 Å². The molecule has 0 aliphatic carbocycles. The Bertz CT molecular complexity index is 869. The van der Waals surface area contributed by atoms with Gasteiger partial charge in [-0.1, -0.05) is 12.1 Å². The summed E-state index contributed by atoms with van der Waals surface area (Å²) in [6, 6.07) is 5.95. The van der Waals surface area contributed by atoms with Gasteiger partial charge in [-0.05, 0) is 44.4 Å². The van der Waals surface area contributed by atoms with Crippen LogP contribution in [-0.4, -0.2) is 47.7 Å². The van der Waals surface area contributed by atoms with E-state index in [0.717, 1.165) is 11.3 Å². The molecule has 0 bridgehead atoms. The molecule has 25 heavy (non-hydrogen) atoms. The van der Waals surface area contributed by atoms with Crippen molar-refractivity contribution < 1.29 is 8.42 Å². The molecule has 1 atom stereocenters. The number of hydrogen-bond donors (Lipinski definition) is 1. The third-order valence-corrected chi connectivity index (χ3v) is 6.41. The van der Waals surface area contributed by atoms with Gasteiger partial charge in [-0.25, -0.2) is 8.42 Å². The molecule has 0 amide bonds. The Morgan fingerprint density at radius 1 is 1.32 bits per heavy atom. The summed E-state index contributed by atoms with van der Waals surface area (Å²) in [7, 11) is -2.96. The number of aromatic nitrogens is 3. The van der Waals surface area contributed by atoms with Gasteiger partial charge in [0.15, 0.2) is 15.7 Å². The molecule has 1 saturated heterocycles. The van der Waals surface area contributed by atoms with Crippen LogP contribution < -0.4 is 10.2 Å². The molecule has 1 fully saturated rings. The van der Waals surface area contributed by atoms with E-state index in [9.17, 15) is 8.42 Å². The van der Waals surface area contributed by atoms with Gasteiger partial charge in [0.25, 0.3) is 0 Å². The summed E-state index contributed by atoms with van der Waals surface area (Å²) in [4.78, 5) is 6.47. The first kappa shape index (κ1) is 17.6. The van der Waals surface area contributed by atoms with Crippen LogP contribution in [0.4, 0.5) is 17.5 Å². The van der Waals surface area contributed by atoms with E-state index in [2.05, 4.69) is 40.4 Å². The molecule has 1 N–H and O–H groups in total. The minimum Gasteiger partial charge on any atom is -0.339 e. The maximum absolute atomic E-state index is 11.8. The zero-order valence-corrected chi connectivity index (χ0v) is 15.5. The molecule has 7 nitrogen and oxygen atoms in total. The maximum Gasteiger partial charge on any atom is 0.247 e. The van der Waals surface area contributed by atoms with Gasteiger partial charge in [-0.2, -0.15) is 10.1 Å². The fourth-order valence-corrected chi connectivity index (χ4v) is 4.82. The standard InChI is InChI=1S/C17H23N5O2S/c1-4-22(14-8-9-25(23,24)11-14)17-20-16(10-18-21-17)19-15-7-5-6-12(2)13(15)3/h5-7,10,14H,4,8-9,11H2,1-3H3,(H,19,20,21). The Kier molecular flexibility index (Phi) is 4.89. The van der Waals surface area contributed by atoms with E-state index >= 15 is 0 Å². The lowest BCUT2D eigenvalue weighted by molar-refractivity contribution is 0.598. The highest BCUT2D eigenvalue weighted by atomic mass is 32.2. The Morgan fingerprint density at radius 2 is 2.12 bits per heavy atom. The quantitative estimate of drug-likeness (QED) is 0.874. The molecule has 1 unspecified atom stereocenters. The lowest BCUT2D eigenvalue weighted by Gasteiger charge is -2.26. The minimum absolute atomic E-state index is 0.0900. The van der Waals surface area contributed by atoms with Crippen molar-refractivity contribution in [1.82, 2.24) is 15.2 Å². The van der Waals surface area contributed by atoms with Crippen molar-refractivity contribution >= 4 is 27.3 Å². The molecule has 8 heteroatoms. The van der Waals surface area contributed by atoms with E-state index in [1.165, 1.54) is 5.56 Å². The summed E-state index contributed by atoms with van der Waals surface area (Å²) in [6.07, 6.45) is 2.18. The summed E-state index contributed by atoms with van der Waals surface area (Å²) in [6.45, 7) is 6.71. The molecule has 1 aromatic carbocycles. The summed E-state index contributed by atoms with van der Waals surface area (Å²) in [5.74, 6) is 1.43. The SMILES string of the molecule is CCN(c1nncc(Nc2cccc(C)c2C)n1)C1CCS(=O)(=O)C1. The third kappa shape index (κ3) is 3.89. The van der Waals surface area contributed by atoms with Crippen LogP contribution in [0.3, 0.4) is 0 Å². The van der Waals surface area contributed by atoms with Crippen molar-refractivity contribution in [2.45, 2.75) is 33.2 Å². The van der Waals surface area contributed by atoms with Gasteiger partial charge >= 0.3 is 0 Å². The van der Waals surface area contributed by atoms with Crippen molar-refractivity contribution in [3.05, 3.63) is 35.5 Å². The molecule has 0 radical (unpaired) electrons. The number of nitrogens with one attached hydrogen (secondary N) is 1. The average molecular weight is 361 g/mol. The molecule has 1 aliphatic heterocycles. The maximum atomic E-state index is 11.8. The molecular weight excluding hydrogens is 338 g/mol. The van der Waals surface area contributed by atoms with E-state index in [4.69, 9.17) is 0 Å². The Morgan fingerprint density at radius 3 is 2.80 bits per heavy atom. The lowest BCUT2D eigenvalue weighted by Crippen LogP contribution is -2.37. The monoisotopic (exact) mass is 361 g/mol. The smallest absolute Gasteiger partial charge is 0.247 e. The Hall–Kier alpha value is -2.22. The molecule has 0 saturated carbocycles. The van der Waals surface area contributed by atoms with Crippen LogP contribution in [0.2, 0.25) is 0 Å². The third-order valence-electron chi connectivity index (χ3n) is 4.66. The van der Waals surface area contributed by atoms with E-state index in [1.807, 2.05) is 24.0 Å². The van der Waals surface area contributed by atoms with Gasteiger partial charge in [-0.15, -0.1) is 5.10 Å². The number of aryl methyl sites for hydroxylation is 1. The van der Waals surface area contributed by atoms with Crippen molar-refractivity contribution in [2.75, 3.05) is 28.3 Å². The summed E-state index contributed by atoms with van der Waals surface area (Å²) < 4.78 is 23.5. The average Bonchev–Trinajstić information content (AvgIpc) is 2.93. The first-order valence-electron chi connectivity index (χ1n) is 8.39. The van der Waals surface area contributed by atoms with Crippen LogP contribution in [-0.2, 0) is 9.84 Å². The minimum atomic E-state index is -2.96. The van der Waals surface area contributed by atoms with Crippen LogP contribution >= 0.6 is 0 Å². The van der Waals surface area contributed by atoms with Crippen LogP contribution in [0.5, 0.6) is 0 Å². The van der Waals surface area contributed by atoms with Crippen molar-refractivity contribution in [2.24, 2.45) is 0 Å². The highest BCUT2D eigenvalue weighted by Gasteiger charge is 2.33. The molecule has 3 rings (SSSR count). The molecule has 1 aromatic heterocycles. The van der Waals surface area contributed by atoms with E-state index in [1.54, 1.807) is 6.20 Å². The van der Waals surface area contributed by atoms with Crippen LogP contribution in [0, 0.1) is 13.8 Å². The van der Waals surface area contributed by atoms with Gasteiger partial charge in [-0.3, -0.25) is 0 Å². The molecule has 2 aromatic rings. The zero-order chi connectivity index (χ0) is 18.0. The molecule has 0 spiro atoms. The zero-order valence-electron chi connectivity index (χ0n) is 14.7. The van der Waals surface area contributed by atoms with Gasteiger partial charge in [0.1, 0.15) is 0 Å². The second-order valence-corrected chi connectivity index (χ2v) is 8.59. The Balaban J connectivity index is 1.84. The summed E-state index contributed by atoms with van der Waals surface area (Å²) in [5.41, 5.74) is 3.31. The van der Waals surface area contributed by atoms with E-state index in [-0.39, 0.29) is 17.5 Å². The van der Waals surface area contributed by atoms with Crippen molar-refractivity contribution in [3.8, 4) is 0 Å². The van der Waals surface area contributed by atoms with Crippen molar-refractivity contribution in [1.29, 1.82) is 0 Å². The molecule has 134 valence electrons. The van der Waals surface area contributed by atoms with Gasteiger partial charge in [0.2, 0.25) is 5.95 Å². The molecule has 1 aliphatic rings. The number of rotatable bonds is 5. The number of sulfone groups is 1. The lowest BCUT2D eigenvalue weighted by atomic mass is 10.1. The molecular formula is C17H23N5O2S. The van der Waals surface area contributed by atoms with Gasteiger partial charge in [0.05, 0.1) is 17.7 Å². The van der Waals surface area contributed by atoms with Gasteiger partial charge in [0, 0.05) is 18.3 Å².